The van der Waals surface area contributed by atoms with Crippen LogP contribution >= 0.6 is 31.9 Å². The van der Waals surface area contributed by atoms with E-state index in [0.717, 1.165) is 16.2 Å². The van der Waals surface area contributed by atoms with Crippen molar-refractivity contribution in [1.82, 2.24) is 0 Å². The van der Waals surface area contributed by atoms with Crippen molar-refractivity contribution < 1.29 is 9.13 Å². The number of alkyl halides is 2. The Morgan fingerprint density at radius 3 is 2.47 bits per heavy atom. The second-order valence-corrected chi connectivity index (χ2v) is 4.61. The zero-order valence-electron chi connectivity index (χ0n) is 8.47. The Bertz CT molecular complexity index is 313. The van der Waals surface area contributed by atoms with E-state index < -0.39 is 0 Å². The molecule has 0 atom stereocenters. The minimum absolute atomic E-state index is 0.211. The SMILES string of the molecule is COCC(CBr)(CBr)c1cccc(F)c1. The van der Waals surface area contributed by atoms with Crippen LogP contribution in [0.2, 0.25) is 0 Å². The maximum Gasteiger partial charge on any atom is 0.123 e. The Balaban J connectivity index is 3.07. The summed E-state index contributed by atoms with van der Waals surface area (Å²) in [4.78, 5) is 0. The van der Waals surface area contributed by atoms with E-state index in [1.54, 1.807) is 19.2 Å². The van der Waals surface area contributed by atoms with E-state index >= 15 is 0 Å². The number of rotatable bonds is 5. The van der Waals surface area contributed by atoms with E-state index in [-0.39, 0.29) is 11.2 Å². The number of methoxy groups -OCH3 is 1. The molecule has 0 aromatic heterocycles. The van der Waals surface area contributed by atoms with Gasteiger partial charge in [0.1, 0.15) is 5.82 Å². The van der Waals surface area contributed by atoms with Crippen molar-refractivity contribution >= 4 is 31.9 Å². The van der Waals surface area contributed by atoms with Gasteiger partial charge in [0.25, 0.3) is 0 Å². The number of hydrogen-bond acceptors (Lipinski definition) is 1. The molecular weight excluding hydrogens is 327 g/mol. The van der Waals surface area contributed by atoms with Gasteiger partial charge in [0.2, 0.25) is 0 Å². The normalized spacial score (nSPS) is 11.7. The molecule has 1 aromatic carbocycles. The molecule has 0 radical (unpaired) electrons. The van der Waals surface area contributed by atoms with Crippen molar-refractivity contribution in [3.8, 4) is 0 Å². The third-order valence-corrected chi connectivity index (χ3v) is 4.52. The average Bonchev–Trinajstić information content (AvgIpc) is 2.26. The summed E-state index contributed by atoms with van der Waals surface area (Å²) in [6.45, 7) is 0.549. The zero-order valence-corrected chi connectivity index (χ0v) is 11.6. The van der Waals surface area contributed by atoms with Crippen LogP contribution in [0.1, 0.15) is 5.56 Å². The van der Waals surface area contributed by atoms with E-state index in [1.807, 2.05) is 6.07 Å². The summed E-state index contributed by atoms with van der Waals surface area (Å²) in [5, 5.41) is 1.45. The molecule has 1 aromatic rings. The molecule has 0 bridgehead atoms. The molecule has 84 valence electrons. The smallest absolute Gasteiger partial charge is 0.123 e. The van der Waals surface area contributed by atoms with E-state index in [9.17, 15) is 4.39 Å². The fourth-order valence-electron chi connectivity index (χ4n) is 1.45. The van der Waals surface area contributed by atoms with Crippen LogP contribution in [0, 0.1) is 5.82 Å². The van der Waals surface area contributed by atoms with Gasteiger partial charge in [-0.1, -0.05) is 44.0 Å². The highest BCUT2D eigenvalue weighted by atomic mass is 79.9. The van der Waals surface area contributed by atoms with Gasteiger partial charge < -0.3 is 4.74 Å². The van der Waals surface area contributed by atoms with Gasteiger partial charge in [0, 0.05) is 23.2 Å². The largest absolute Gasteiger partial charge is 0.384 e. The number of hydrogen-bond donors (Lipinski definition) is 0. The van der Waals surface area contributed by atoms with E-state index in [0.29, 0.717) is 6.61 Å². The molecule has 0 spiro atoms. The molecule has 0 heterocycles. The second kappa shape index (κ2) is 5.97. The molecule has 4 heteroatoms. The first-order valence-electron chi connectivity index (χ1n) is 4.55. The first-order valence-corrected chi connectivity index (χ1v) is 6.80. The molecule has 0 saturated heterocycles. The summed E-state index contributed by atoms with van der Waals surface area (Å²) in [6.07, 6.45) is 0. The van der Waals surface area contributed by atoms with Crippen molar-refractivity contribution in [1.29, 1.82) is 0 Å². The lowest BCUT2D eigenvalue weighted by Crippen LogP contribution is -2.35. The Labute approximate surface area is 106 Å². The Hall–Kier alpha value is 0.0700. The van der Waals surface area contributed by atoms with Crippen LogP contribution in [0.4, 0.5) is 4.39 Å². The molecule has 0 fully saturated rings. The van der Waals surface area contributed by atoms with Crippen LogP contribution in [0.15, 0.2) is 24.3 Å². The second-order valence-electron chi connectivity index (χ2n) is 3.49. The molecule has 0 aliphatic rings. The minimum atomic E-state index is -0.213. The minimum Gasteiger partial charge on any atom is -0.384 e. The van der Waals surface area contributed by atoms with Crippen LogP contribution in [0.25, 0.3) is 0 Å². The summed E-state index contributed by atoms with van der Waals surface area (Å²) in [5.74, 6) is -0.213. The van der Waals surface area contributed by atoms with Crippen molar-refractivity contribution in [2.45, 2.75) is 5.41 Å². The fraction of sp³-hybridized carbons (Fsp3) is 0.455. The predicted molar refractivity (Wildman–Crippen MR) is 67.5 cm³/mol. The maximum atomic E-state index is 13.1. The van der Waals surface area contributed by atoms with Gasteiger partial charge in [0.15, 0.2) is 0 Å². The van der Waals surface area contributed by atoms with Gasteiger partial charge in [-0.25, -0.2) is 4.39 Å². The monoisotopic (exact) mass is 338 g/mol. The topological polar surface area (TPSA) is 9.23 Å². The van der Waals surface area contributed by atoms with Crippen LogP contribution in [-0.4, -0.2) is 24.4 Å². The van der Waals surface area contributed by atoms with Gasteiger partial charge in [0.05, 0.1) is 6.61 Å². The quantitative estimate of drug-likeness (QED) is 0.746. The summed E-state index contributed by atoms with van der Waals surface area (Å²) >= 11 is 6.93. The summed E-state index contributed by atoms with van der Waals surface area (Å²) < 4.78 is 18.3. The maximum absolute atomic E-state index is 13.1. The van der Waals surface area contributed by atoms with Gasteiger partial charge >= 0.3 is 0 Å². The number of halogens is 3. The molecule has 0 saturated carbocycles. The van der Waals surface area contributed by atoms with E-state index in [4.69, 9.17) is 4.74 Å². The highest BCUT2D eigenvalue weighted by Crippen LogP contribution is 2.29. The van der Waals surface area contributed by atoms with Crippen LogP contribution < -0.4 is 0 Å². The highest BCUT2D eigenvalue weighted by molar-refractivity contribution is 9.09. The molecule has 0 amide bonds. The van der Waals surface area contributed by atoms with Crippen molar-refractivity contribution in [2.24, 2.45) is 0 Å². The molecule has 0 aliphatic heterocycles. The summed E-state index contributed by atoms with van der Waals surface area (Å²) in [5.41, 5.74) is 0.731. The van der Waals surface area contributed by atoms with Crippen LogP contribution in [0.3, 0.4) is 0 Å². The standard InChI is InChI=1S/C11H13Br2FO/c1-15-8-11(6-12,7-13)9-3-2-4-10(14)5-9/h2-5H,6-8H2,1H3. The summed E-state index contributed by atoms with van der Waals surface area (Å²) in [6, 6.07) is 6.65. The van der Waals surface area contributed by atoms with E-state index in [2.05, 4.69) is 31.9 Å². The van der Waals surface area contributed by atoms with Gasteiger partial charge in [-0.3, -0.25) is 0 Å². The average molecular weight is 340 g/mol. The summed E-state index contributed by atoms with van der Waals surface area (Å²) in [7, 11) is 1.65. The number of ether oxygens (including phenoxy) is 1. The van der Waals surface area contributed by atoms with Gasteiger partial charge in [-0.05, 0) is 17.7 Å². The number of benzene rings is 1. The van der Waals surface area contributed by atoms with Crippen LogP contribution in [0.5, 0.6) is 0 Å². The van der Waals surface area contributed by atoms with E-state index in [1.165, 1.54) is 6.07 Å². The molecule has 1 nitrogen and oxygen atoms in total. The third kappa shape index (κ3) is 3.02. The van der Waals surface area contributed by atoms with Crippen LogP contribution in [-0.2, 0) is 10.2 Å². The lowest BCUT2D eigenvalue weighted by molar-refractivity contribution is 0.151. The predicted octanol–water partition coefficient (Wildman–Crippen LogP) is 3.50. The molecule has 0 unspecified atom stereocenters. The zero-order chi connectivity index (χ0) is 11.3. The lowest BCUT2D eigenvalue weighted by Gasteiger charge is -2.29. The third-order valence-electron chi connectivity index (χ3n) is 2.37. The fourth-order valence-corrected chi connectivity index (χ4v) is 3.34. The first-order chi connectivity index (χ1) is 7.18. The van der Waals surface area contributed by atoms with Gasteiger partial charge in [-0.2, -0.15) is 0 Å². The molecule has 0 N–H and O–H groups in total. The van der Waals surface area contributed by atoms with Gasteiger partial charge in [-0.15, -0.1) is 0 Å². The Kier molecular flexibility index (Phi) is 5.23. The van der Waals surface area contributed by atoms with Crippen molar-refractivity contribution in [3.05, 3.63) is 35.6 Å². The molecule has 1 rings (SSSR count). The highest BCUT2D eigenvalue weighted by Gasteiger charge is 2.30. The Morgan fingerprint density at radius 1 is 1.33 bits per heavy atom. The molecule has 0 aliphatic carbocycles. The molecule has 15 heavy (non-hydrogen) atoms. The first kappa shape index (κ1) is 13.1. The van der Waals surface area contributed by atoms with Crippen molar-refractivity contribution in [2.75, 3.05) is 24.4 Å². The van der Waals surface area contributed by atoms with Crippen molar-refractivity contribution in [3.63, 3.8) is 0 Å². The molecular formula is C11H13Br2FO. The Morgan fingerprint density at radius 2 is 2.00 bits per heavy atom. The lowest BCUT2D eigenvalue weighted by atomic mass is 9.85.